The van der Waals surface area contributed by atoms with Gasteiger partial charge in [-0.15, -0.1) is 0 Å². The molecule has 0 aromatic carbocycles. The van der Waals surface area contributed by atoms with Crippen LogP contribution in [0.2, 0.25) is 0 Å². The molecule has 0 aliphatic heterocycles. The average Bonchev–Trinajstić information content (AvgIpc) is 1.69. The number of aliphatic hydroxyl groups is 1. The molecule has 1 amide bonds. The molecule has 0 spiro atoms. The van der Waals surface area contributed by atoms with Gasteiger partial charge in [0.05, 0.1) is 0 Å². The zero-order chi connectivity index (χ0) is 6.57. The summed E-state index contributed by atoms with van der Waals surface area (Å²) in [5.74, 6) is 0. The van der Waals surface area contributed by atoms with Gasteiger partial charge in [0.25, 0.3) is 0 Å². The summed E-state index contributed by atoms with van der Waals surface area (Å²) < 4.78 is 0. The van der Waals surface area contributed by atoms with Gasteiger partial charge in [0.1, 0.15) is 6.73 Å². The Hall–Kier alpha value is -0.570. The summed E-state index contributed by atoms with van der Waals surface area (Å²) in [5.41, 5.74) is 0. The van der Waals surface area contributed by atoms with E-state index in [1.54, 1.807) is 0 Å². The van der Waals surface area contributed by atoms with Crippen molar-refractivity contribution in [2.24, 2.45) is 0 Å². The summed E-state index contributed by atoms with van der Waals surface area (Å²) in [6, 6.07) is 0.0949. The number of carbonyl (C=O) groups is 1. The summed E-state index contributed by atoms with van der Waals surface area (Å²) in [4.78, 5) is 11.2. The number of carbonyl (C=O) groups excluding carboxylic acids is 1. The van der Waals surface area contributed by atoms with E-state index in [9.17, 15) is 4.79 Å². The molecule has 0 heterocycles. The van der Waals surface area contributed by atoms with Gasteiger partial charge in [0.2, 0.25) is 6.41 Å². The highest BCUT2D eigenvalue weighted by molar-refractivity contribution is 5.46. The Morgan fingerprint density at radius 2 is 2.25 bits per heavy atom. The molecule has 8 heavy (non-hydrogen) atoms. The second-order valence-electron chi connectivity index (χ2n) is 1.85. The minimum absolute atomic E-state index is 0.0949. The van der Waals surface area contributed by atoms with Gasteiger partial charge in [-0.2, -0.15) is 0 Å². The van der Waals surface area contributed by atoms with Crippen molar-refractivity contribution < 1.29 is 9.90 Å². The molecule has 0 aromatic rings. The molecule has 0 saturated heterocycles. The second kappa shape index (κ2) is 3.43. The molecule has 0 radical (unpaired) electrons. The highest BCUT2D eigenvalue weighted by atomic mass is 16.3. The summed E-state index contributed by atoms with van der Waals surface area (Å²) in [5, 5.41) is 8.39. The highest BCUT2D eigenvalue weighted by Gasteiger charge is 2.01. The normalized spacial score (nSPS) is 9.50. The molecule has 48 valence electrons. The largest absolute Gasteiger partial charge is 0.376 e. The number of amides is 1. The van der Waals surface area contributed by atoms with E-state index >= 15 is 0 Å². The van der Waals surface area contributed by atoms with Crippen molar-refractivity contribution in [1.29, 1.82) is 0 Å². The van der Waals surface area contributed by atoms with E-state index in [-0.39, 0.29) is 12.8 Å². The van der Waals surface area contributed by atoms with E-state index < -0.39 is 0 Å². The number of aliphatic hydroxyl groups excluding tert-OH is 1. The summed E-state index contributed by atoms with van der Waals surface area (Å²) in [6.07, 6.45) is 0.630. The SMILES string of the molecule is CC(C)N(C=O)CO. The van der Waals surface area contributed by atoms with Crippen LogP contribution >= 0.6 is 0 Å². The fraction of sp³-hybridized carbons (Fsp3) is 0.800. The molecule has 0 aliphatic rings. The maximum absolute atomic E-state index is 9.94. The van der Waals surface area contributed by atoms with Crippen molar-refractivity contribution in [2.75, 3.05) is 6.73 Å². The Balaban J connectivity index is 3.51. The summed E-state index contributed by atoms with van der Waals surface area (Å²) in [7, 11) is 0. The van der Waals surface area contributed by atoms with E-state index in [0.29, 0.717) is 6.41 Å². The molecule has 0 atom stereocenters. The van der Waals surface area contributed by atoms with Crippen molar-refractivity contribution in [2.45, 2.75) is 19.9 Å². The van der Waals surface area contributed by atoms with Crippen LogP contribution in [0, 0.1) is 0 Å². The molecule has 0 unspecified atom stereocenters. The number of nitrogens with zero attached hydrogens (tertiary/aromatic N) is 1. The first kappa shape index (κ1) is 7.43. The van der Waals surface area contributed by atoms with Gasteiger partial charge >= 0.3 is 0 Å². The number of hydrogen-bond acceptors (Lipinski definition) is 2. The minimum Gasteiger partial charge on any atom is -0.376 e. The van der Waals surface area contributed by atoms with Crippen molar-refractivity contribution in [3.05, 3.63) is 0 Å². The first-order valence-corrected chi connectivity index (χ1v) is 2.54. The average molecular weight is 117 g/mol. The lowest BCUT2D eigenvalue weighted by molar-refractivity contribution is -0.123. The summed E-state index contributed by atoms with van der Waals surface area (Å²) >= 11 is 0. The molecular formula is C5H11NO2. The topological polar surface area (TPSA) is 40.5 Å². The van der Waals surface area contributed by atoms with Crippen LogP contribution in [0.3, 0.4) is 0 Å². The fourth-order valence-corrected chi connectivity index (χ4v) is 0.318. The van der Waals surface area contributed by atoms with Crippen LogP contribution in [0.4, 0.5) is 0 Å². The molecular weight excluding hydrogens is 106 g/mol. The summed E-state index contributed by atoms with van der Waals surface area (Å²) in [6.45, 7) is 3.48. The van der Waals surface area contributed by atoms with Crippen molar-refractivity contribution in [1.82, 2.24) is 4.90 Å². The Labute approximate surface area is 48.9 Å². The Morgan fingerprint density at radius 1 is 1.75 bits per heavy atom. The van der Waals surface area contributed by atoms with E-state index in [0.717, 1.165) is 0 Å². The van der Waals surface area contributed by atoms with Crippen LogP contribution in [0.15, 0.2) is 0 Å². The highest BCUT2D eigenvalue weighted by Crippen LogP contribution is 1.89. The van der Waals surface area contributed by atoms with Crippen LogP contribution in [-0.2, 0) is 4.79 Å². The molecule has 0 bridgehead atoms. The third kappa shape index (κ3) is 1.93. The molecule has 3 heteroatoms. The van der Waals surface area contributed by atoms with Crippen LogP contribution in [0.25, 0.3) is 0 Å². The lowest BCUT2D eigenvalue weighted by atomic mass is 10.4. The monoisotopic (exact) mass is 117 g/mol. The maximum Gasteiger partial charge on any atom is 0.211 e. The Morgan fingerprint density at radius 3 is 2.25 bits per heavy atom. The lowest BCUT2D eigenvalue weighted by Gasteiger charge is -2.17. The van der Waals surface area contributed by atoms with Gasteiger partial charge in [-0.1, -0.05) is 0 Å². The van der Waals surface area contributed by atoms with Gasteiger partial charge < -0.3 is 10.0 Å². The van der Waals surface area contributed by atoms with E-state index in [4.69, 9.17) is 5.11 Å². The molecule has 0 rings (SSSR count). The van der Waals surface area contributed by atoms with E-state index in [1.807, 2.05) is 13.8 Å². The molecule has 0 saturated carbocycles. The predicted octanol–water partition coefficient (Wildman–Crippen LogP) is -0.197. The van der Waals surface area contributed by atoms with Crippen molar-refractivity contribution in [3.8, 4) is 0 Å². The quantitative estimate of drug-likeness (QED) is 0.411. The predicted molar refractivity (Wildman–Crippen MR) is 30.1 cm³/mol. The fourth-order valence-electron chi connectivity index (χ4n) is 0.318. The van der Waals surface area contributed by atoms with Crippen LogP contribution in [-0.4, -0.2) is 29.2 Å². The van der Waals surface area contributed by atoms with E-state index in [1.165, 1.54) is 4.90 Å². The van der Waals surface area contributed by atoms with E-state index in [2.05, 4.69) is 0 Å². The molecule has 1 N–H and O–H groups in total. The van der Waals surface area contributed by atoms with Gasteiger partial charge in [-0.3, -0.25) is 4.79 Å². The standard InChI is InChI=1S/C5H11NO2/c1-5(2)6(3-7)4-8/h3,5,8H,4H2,1-2H3. The maximum atomic E-state index is 9.94. The molecule has 3 nitrogen and oxygen atoms in total. The third-order valence-electron chi connectivity index (χ3n) is 0.962. The number of rotatable bonds is 3. The molecule has 0 aromatic heterocycles. The molecule has 0 fully saturated rings. The van der Waals surface area contributed by atoms with Crippen molar-refractivity contribution in [3.63, 3.8) is 0 Å². The van der Waals surface area contributed by atoms with Crippen LogP contribution < -0.4 is 0 Å². The van der Waals surface area contributed by atoms with Gasteiger partial charge in [-0.05, 0) is 13.8 Å². The van der Waals surface area contributed by atoms with Gasteiger partial charge in [0.15, 0.2) is 0 Å². The Kier molecular flexibility index (Phi) is 3.19. The van der Waals surface area contributed by atoms with Crippen molar-refractivity contribution >= 4 is 6.41 Å². The van der Waals surface area contributed by atoms with Gasteiger partial charge in [0, 0.05) is 6.04 Å². The first-order valence-electron chi connectivity index (χ1n) is 2.54. The molecule has 0 aliphatic carbocycles. The van der Waals surface area contributed by atoms with Crippen LogP contribution in [0.1, 0.15) is 13.8 Å². The third-order valence-corrected chi connectivity index (χ3v) is 0.962. The smallest absolute Gasteiger partial charge is 0.211 e. The number of hydrogen-bond donors (Lipinski definition) is 1. The second-order valence-corrected chi connectivity index (χ2v) is 1.85. The minimum atomic E-state index is -0.193. The zero-order valence-electron chi connectivity index (χ0n) is 5.16. The Bertz CT molecular complexity index is 72.8. The lowest BCUT2D eigenvalue weighted by Crippen LogP contribution is -2.29. The first-order chi connectivity index (χ1) is 3.72. The zero-order valence-corrected chi connectivity index (χ0v) is 5.16. The van der Waals surface area contributed by atoms with Crippen LogP contribution in [0.5, 0.6) is 0 Å². The van der Waals surface area contributed by atoms with Gasteiger partial charge in [-0.25, -0.2) is 0 Å².